The molecule has 2 heterocycles. The minimum absolute atomic E-state index is 0.884. The van der Waals surface area contributed by atoms with E-state index in [1.165, 1.54) is 71.0 Å². The van der Waals surface area contributed by atoms with Crippen LogP contribution in [0.1, 0.15) is 28.7 Å². The average Bonchev–Trinajstić information content (AvgIpc) is 3.20. The smallest absolute Gasteiger partial charge is 0.137 e. The summed E-state index contributed by atoms with van der Waals surface area (Å²) in [6.07, 6.45) is 10.4. The Morgan fingerprint density at radius 2 is 1.04 bits per heavy atom. The second-order valence-electron chi connectivity index (χ2n) is 13.8. The summed E-state index contributed by atoms with van der Waals surface area (Å²) in [4.78, 5) is 14.6. The molecule has 0 fully saturated rings. The summed E-state index contributed by atoms with van der Waals surface area (Å²) >= 11 is 0. The molecule has 0 spiro atoms. The van der Waals surface area contributed by atoms with Gasteiger partial charge in [-0.3, -0.25) is 9.80 Å². The van der Waals surface area contributed by atoms with Crippen molar-refractivity contribution in [2.45, 2.75) is 26.7 Å². The molecule has 0 unspecified atom stereocenters. The molecule has 0 aliphatic heterocycles. The average molecular weight is 669 g/mol. The fraction of sp³-hybridized carbons (Fsp3) is 0.0833. The standard InChI is InChI=1S/C48H36N4/c1-31-29-43(51(45-21-7-9-27-49-45)41-19-11-15-33-13-3-5-17-37(33)41)39-26-24-36-32(2)30-44(40-25-23-35(31)47(39)48(36)40)52(46-22-8-10-28-50-46)42-20-12-16-34-14-4-6-18-38(34)42/h3-5,7-17,19-30H,6,18H2,1-2H3. The van der Waals surface area contributed by atoms with Gasteiger partial charge in [0.05, 0.1) is 22.7 Å². The van der Waals surface area contributed by atoms with Crippen LogP contribution in [-0.2, 0) is 6.42 Å². The van der Waals surface area contributed by atoms with Gasteiger partial charge in [0.1, 0.15) is 11.6 Å². The van der Waals surface area contributed by atoms with E-state index >= 15 is 0 Å². The molecule has 248 valence electrons. The molecule has 0 radical (unpaired) electrons. The van der Waals surface area contributed by atoms with E-state index in [9.17, 15) is 0 Å². The fourth-order valence-electron chi connectivity index (χ4n) is 8.47. The molecule has 0 bridgehead atoms. The Hall–Kier alpha value is -6.52. The first-order valence-corrected chi connectivity index (χ1v) is 18.1. The molecule has 2 aromatic heterocycles. The lowest BCUT2D eigenvalue weighted by atomic mass is 9.88. The molecule has 0 saturated heterocycles. The number of hydrogen-bond acceptors (Lipinski definition) is 4. The van der Waals surface area contributed by atoms with Gasteiger partial charge in [-0.1, -0.05) is 97.1 Å². The van der Waals surface area contributed by atoms with Gasteiger partial charge in [0.25, 0.3) is 0 Å². The summed E-state index contributed by atoms with van der Waals surface area (Å²) < 4.78 is 0. The fourth-order valence-corrected chi connectivity index (χ4v) is 8.47. The Morgan fingerprint density at radius 1 is 0.481 bits per heavy atom. The van der Waals surface area contributed by atoms with Crippen molar-refractivity contribution < 1.29 is 0 Å². The highest BCUT2D eigenvalue weighted by molar-refractivity contribution is 6.29. The summed E-state index contributed by atoms with van der Waals surface area (Å²) in [5.74, 6) is 1.79. The summed E-state index contributed by atoms with van der Waals surface area (Å²) in [5.41, 5.74) is 9.65. The van der Waals surface area contributed by atoms with Gasteiger partial charge in [-0.25, -0.2) is 9.97 Å². The summed E-state index contributed by atoms with van der Waals surface area (Å²) in [7, 11) is 0. The van der Waals surface area contributed by atoms with Crippen molar-refractivity contribution in [3.8, 4) is 0 Å². The number of nitrogens with zero attached hydrogens (tertiary/aromatic N) is 4. The first kappa shape index (κ1) is 30.3. The zero-order valence-electron chi connectivity index (χ0n) is 29.2. The summed E-state index contributed by atoms with van der Waals surface area (Å²) in [5, 5.41) is 9.86. The zero-order chi connectivity index (χ0) is 34.8. The number of allylic oxidation sites excluding steroid dienone is 1. The first-order valence-electron chi connectivity index (χ1n) is 18.1. The predicted octanol–water partition coefficient (Wildman–Crippen LogP) is 13.0. The lowest BCUT2D eigenvalue weighted by Crippen LogP contribution is -2.15. The van der Waals surface area contributed by atoms with Gasteiger partial charge in [0.15, 0.2) is 0 Å². The zero-order valence-corrected chi connectivity index (χ0v) is 29.2. The lowest BCUT2D eigenvalue weighted by Gasteiger charge is -2.31. The maximum Gasteiger partial charge on any atom is 0.137 e. The second kappa shape index (κ2) is 12.1. The van der Waals surface area contributed by atoms with Crippen molar-refractivity contribution in [1.29, 1.82) is 0 Å². The molecule has 0 saturated carbocycles. The van der Waals surface area contributed by atoms with Crippen molar-refractivity contribution in [1.82, 2.24) is 9.97 Å². The molecule has 7 aromatic carbocycles. The van der Waals surface area contributed by atoms with Crippen LogP contribution in [0.3, 0.4) is 0 Å². The van der Waals surface area contributed by atoms with Gasteiger partial charge in [-0.2, -0.15) is 0 Å². The monoisotopic (exact) mass is 668 g/mol. The van der Waals surface area contributed by atoms with E-state index in [1.807, 2.05) is 24.5 Å². The molecule has 0 amide bonds. The van der Waals surface area contributed by atoms with Crippen molar-refractivity contribution in [3.05, 3.63) is 174 Å². The van der Waals surface area contributed by atoms with Crippen molar-refractivity contribution in [2.24, 2.45) is 0 Å². The molecule has 10 rings (SSSR count). The van der Waals surface area contributed by atoms with Crippen LogP contribution in [0.5, 0.6) is 0 Å². The lowest BCUT2D eigenvalue weighted by molar-refractivity contribution is 0.977. The van der Waals surface area contributed by atoms with Gasteiger partial charge >= 0.3 is 0 Å². The number of anilines is 6. The van der Waals surface area contributed by atoms with E-state index in [4.69, 9.17) is 9.97 Å². The SMILES string of the molecule is Cc1cc(N(c2ccccn2)c2cccc3c2CCC=C3)c2ccc3c(C)cc(N(c4ccccn4)c4cccc5ccccc45)c4ccc1c2c34. The third-order valence-electron chi connectivity index (χ3n) is 10.8. The minimum Gasteiger partial charge on any atom is -0.294 e. The molecule has 9 aromatic rings. The molecule has 0 N–H and O–H groups in total. The van der Waals surface area contributed by atoms with E-state index in [0.717, 1.165) is 41.5 Å². The van der Waals surface area contributed by atoms with Crippen molar-refractivity contribution >= 4 is 83.6 Å². The highest BCUT2D eigenvalue weighted by Gasteiger charge is 2.26. The highest BCUT2D eigenvalue weighted by atomic mass is 15.2. The van der Waals surface area contributed by atoms with Crippen LogP contribution >= 0.6 is 0 Å². The molecular weight excluding hydrogens is 633 g/mol. The van der Waals surface area contributed by atoms with E-state index in [2.05, 4.69) is 157 Å². The van der Waals surface area contributed by atoms with Crippen LogP contribution in [-0.4, -0.2) is 9.97 Å². The molecule has 52 heavy (non-hydrogen) atoms. The number of pyridine rings is 2. The van der Waals surface area contributed by atoms with Gasteiger partial charge in [0, 0.05) is 28.6 Å². The first-order chi connectivity index (χ1) is 25.7. The number of fused-ring (bicyclic) bond motifs is 2. The van der Waals surface area contributed by atoms with Gasteiger partial charge in [0.2, 0.25) is 0 Å². The van der Waals surface area contributed by atoms with E-state index in [1.54, 1.807) is 0 Å². The number of aryl methyl sites for hydroxylation is 2. The van der Waals surface area contributed by atoms with Crippen molar-refractivity contribution in [3.63, 3.8) is 0 Å². The largest absolute Gasteiger partial charge is 0.294 e. The Bertz CT molecular complexity index is 2820. The van der Waals surface area contributed by atoms with Crippen LogP contribution in [0.15, 0.2) is 152 Å². The Morgan fingerprint density at radius 3 is 1.69 bits per heavy atom. The predicted molar refractivity (Wildman–Crippen MR) is 219 cm³/mol. The number of benzene rings is 7. The van der Waals surface area contributed by atoms with Crippen LogP contribution in [0, 0.1) is 13.8 Å². The van der Waals surface area contributed by atoms with Crippen LogP contribution in [0.2, 0.25) is 0 Å². The molecule has 0 atom stereocenters. The number of rotatable bonds is 6. The maximum absolute atomic E-state index is 4.96. The quantitative estimate of drug-likeness (QED) is 0.165. The minimum atomic E-state index is 0.884. The Labute approximate surface area is 303 Å². The summed E-state index contributed by atoms with van der Waals surface area (Å²) in [6, 6.07) is 48.2. The van der Waals surface area contributed by atoms with Crippen molar-refractivity contribution in [2.75, 3.05) is 9.80 Å². The van der Waals surface area contributed by atoms with Gasteiger partial charge in [-0.05, 0) is 124 Å². The van der Waals surface area contributed by atoms with Crippen LogP contribution in [0.4, 0.5) is 34.4 Å². The normalized spacial score (nSPS) is 12.6. The number of hydrogen-bond donors (Lipinski definition) is 0. The molecule has 4 nitrogen and oxygen atoms in total. The molecule has 4 heteroatoms. The highest BCUT2D eigenvalue weighted by Crippen LogP contribution is 2.50. The van der Waals surface area contributed by atoms with E-state index < -0.39 is 0 Å². The molecular formula is C48H36N4. The van der Waals surface area contributed by atoms with Crippen LogP contribution < -0.4 is 9.80 Å². The van der Waals surface area contributed by atoms with Gasteiger partial charge in [-0.15, -0.1) is 0 Å². The van der Waals surface area contributed by atoms with Gasteiger partial charge < -0.3 is 0 Å². The van der Waals surface area contributed by atoms with Crippen LogP contribution in [0.25, 0.3) is 49.2 Å². The second-order valence-corrected chi connectivity index (χ2v) is 13.8. The van der Waals surface area contributed by atoms with E-state index in [-0.39, 0.29) is 0 Å². The third kappa shape index (κ3) is 4.68. The number of aromatic nitrogens is 2. The molecule has 1 aliphatic rings. The van der Waals surface area contributed by atoms with E-state index in [0.29, 0.717) is 0 Å². The maximum atomic E-state index is 4.96. The molecule has 1 aliphatic carbocycles. The topological polar surface area (TPSA) is 32.3 Å². The Kier molecular flexibility index (Phi) is 7.03. The Balaban J connectivity index is 1.30. The third-order valence-corrected chi connectivity index (χ3v) is 10.8. The summed E-state index contributed by atoms with van der Waals surface area (Å²) in [6.45, 7) is 4.49.